The lowest BCUT2D eigenvalue weighted by Gasteiger charge is -2.05. The van der Waals surface area contributed by atoms with Gasteiger partial charge in [0.05, 0.1) is 11.3 Å². The maximum Gasteiger partial charge on any atom is 0.213 e. The third-order valence-corrected chi connectivity index (χ3v) is 4.35. The van der Waals surface area contributed by atoms with Gasteiger partial charge in [-0.1, -0.05) is 11.6 Å². The third-order valence-electron chi connectivity index (χ3n) is 3.19. The van der Waals surface area contributed by atoms with E-state index in [4.69, 9.17) is 11.6 Å². The van der Waals surface area contributed by atoms with Gasteiger partial charge in [0.1, 0.15) is 6.07 Å². The molecule has 3 aromatic rings. The molecule has 0 unspecified atom stereocenters. The van der Waals surface area contributed by atoms with E-state index in [2.05, 4.69) is 26.2 Å². The van der Waals surface area contributed by atoms with Crippen molar-refractivity contribution in [2.75, 3.05) is 0 Å². The van der Waals surface area contributed by atoms with Gasteiger partial charge in [0.15, 0.2) is 5.82 Å². The highest BCUT2D eigenvalue weighted by molar-refractivity contribution is 7.99. The highest BCUT2D eigenvalue weighted by Gasteiger charge is 2.13. The molecule has 7 heteroatoms. The van der Waals surface area contributed by atoms with Crippen molar-refractivity contribution >= 4 is 23.4 Å². The number of benzene rings is 1. The van der Waals surface area contributed by atoms with E-state index < -0.39 is 0 Å². The molecule has 0 aliphatic heterocycles. The van der Waals surface area contributed by atoms with Crippen LogP contribution in [0.1, 0.15) is 17.0 Å². The molecule has 0 spiro atoms. The largest absolute Gasteiger partial charge is 0.258 e. The molecule has 0 aliphatic rings. The normalized spacial score (nSPS) is 10.5. The molecular formula is C16H12ClN5S. The molecule has 2 heterocycles. The molecule has 1 N–H and O–H groups in total. The molecule has 0 atom stereocenters. The van der Waals surface area contributed by atoms with Crippen LogP contribution in [0.3, 0.4) is 0 Å². The van der Waals surface area contributed by atoms with E-state index in [1.807, 2.05) is 32.0 Å². The van der Waals surface area contributed by atoms with Gasteiger partial charge in [0.2, 0.25) is 5.16 Å². The molecule has 2 aromatic heterocycles. The van der Waals surface area contributed by atoms with Crippen LogP contribution in [-0.4, -0.2) is 20.2 Å². The lowest BCUT2D eigenvalue weighted by atomic mass is 10.2. The number of nitrogens with one attached hydrogen (secondary N) is 1. The number of halogens is 1. The minimum Gasteiger partial charge on any atom is -0.258 e. The van der Waals surface area contributed by atoms with Crippen LogP contribution in [0.5, 0.6) is 0 Å². The maximum absolute atomic E-state index is 9.31. The Morgan fingerprint density at radius 2 is 1.91 bits per heavy atom. The first-order valence-corrected chi connectivity index (χ1v) is 8.01. The monoisotopic (exact) mass is 341 g/mol. The van der Waals surface area contributed by atoms with Gasteiger partial charge in [-0.25, -0.2) is 4.98 Å². The summed E-state index contributed by atoms with van der Waals surface area (Å²) in [4.78, 5) is 9.58. The topological polar surface area (TPSA) is 78.2 Å². The van der Waals surface area contributed by atoms with Crippen molar-refractivity contribution in [2.24, 2.45) is 0 Å². The van der Waals surface area contributed by atoms with E-state index in [1.165, 1.54) is 11.8 Å². The van der Waals surface area contributed by atoms with Crippen LogP contribution in [0.4, 0.5) is 0 Å². The molecule has 0 radical (unpaired) electrons. The second kappa shape index (κ2) is 6.41. The molecule has 0 saturated heterocycles. The first-order valence-electron chi connectivity index (χ1n) is 6.81. The SMILES string of the molecule is Cc1cc(Sc2n[nH]c(-c3ccc(Cl)cc3)n2)c(C#N)c(C)n1. The fourth-order valence-electron chi connectivity index (χ4n) is 2.14. The van der Waals surface area contributed by atoms with Gasteiger partial charge in [0.25, 0.3) is 0 Å². The first kappa shape index (κ1) is 15.5. The summed E-state index contributed by atoms with van der Waals surface area (Å²) in [6.45, 7) is 3.72. The Bertz CT molecular complexity index is 896. The zero-order chi connectivity index (χ0) is 16.4. The van der Waals surface area contributed by atoms with E-state index >= 15 is 0 Å². The van der Waals surface area contributed by atoms with E-state index in [-0.39, 0.29) is 0 Å². The van der Waals surface area contributed by atoms with Crippen molar-refractivity contribution in [2.45, 2.75) is 23.9 Å². The minimum atomic E-state index is 0.552. The van der Waals surface area contributed by atoms with E-state index in [1.54, 1.807) is 12.1 Å². The van der Waals surface area contributed by atoms with Gasteiger partial charge in [-0.05, 0) is 55.9 Å². The zero-order valence-corrected chi connectivity index (χ0v) is 14.0. The average Bonchev–Trinajstić information content (AvgIpc) is 2.96. The van der Waals surface area contributed by atoms with Crippen molar-refractivity contribution in [3.63, 3.8) is 0 Å². The molecule has 114 valence electrons. The molecule has 0 bridgehead atoms. The van der Waals surface area contributed by atoms with Crippen LogP contribution in [0.15, 0.2) is 40.4 Å². The van der Waals surface area contributed by atoms with E-state index in [9.17, 15) is 5.26 Å². The molecule has 3 rings (SSSR count). The van der Waals surface area contributed by atoms with Crippen molar-refractivity contribution in [3.8, 4) is 17.5 Å². The lowest BCUT2D eigenvalue weighted by Crippen LogP contribution is -1.94. The Morgan fingerprint density at radius 1 is 1.17 bits per heavy atom. The number of rotatable bonds is 3. The highest BCUT2D eigenvalue weighted by atomic mass is 35.5. The van der Waals surface area contributed by atoms with Gasteiger partial charge < -0.3 is 0 Å². The quantitative estimate of drug-likeness (QED) is 0.773. The Hall–Kier alpha value is -2.36. The Balaban J connectivity index is 1.91. The molecule has 5 nitrogen and oxygen atoms in total. The molecule has 0 fully saturated rings. The number of nitriles is 1. The Kier molecular flexibility index (Phi) is 4.33. The van der Waals surface area contributed by atoms with Crippen molar-refractivity contribution in [3.05, 3.63) is 52.3 Å². The molecule has 0 amide bonds. The van der Waals surface area contributed by atoms with Crippen LogP contribution < -0.4 is 0 Å². The van der Waals surface area contributed by atoms with Crippen LogP contribution in [0.25, 0.3) is 11.4 Å². The summed E-state index contributed by atoms with van der Waals surface area (Å²) in [6.07, 6.45) is 0. The van der Waals surface area contributed by atoms with Gasteiger partial charge >= 0.3 is 0 Å². The third kappa shape index (κ3) is 3.36. The number of aromatic amines is 1. The second-order valence-electron chi connectivity index (χ2n) is 4.91. The molecule has 0 aliphatic carbocycles. The number of hydrogen-bond acceptors (Lipinski definition) is 5. The second-order valence-corrected chi connectivity index (χ2v) is 6.36. The smallest absolute Gasteiger partial charge is 0.213 e. The number of hydrogen-bond donors (Lipinski definition) is 1. The zero-order valence-electron chi connectivity index (χ0n) is 12.5. The predicted molar refractivity (Wildman–Crippen MR) is 89.4 cm³/mol. The summed E-state index contributed by atoms with van der Waals surface area (Å²) in [5, 5.41) is 17.6. The van der Waals surface area contributed by atoms with Crippen molar-refractivity contribution < 1.29 is 0 Å². The lowest BCUT2D eigenvalue weighted by molar-refractivity contribution is 0.970. The van der Waals surface area contributed by atoms with Crippen molar-refractivity contribution in [1.29, 1.82) is 5.26 Å². The molecule has 1 aromatic carbocycles. The fourth-order valence-corrected chi connectivity index (χ4v) is 3.21. The van der Waals surface area contributed by atoms with Gasteiger partial charge in [0, 0.05) is 21.2 Å². The van der Waals surface area contributed by atoms with Crippen LogP contribution in [0.2, 0.25) is 5.02 Å². The summed E-state index contributed by atoms with van der Waals surface area (Å²) in [5.74, 6) is 0.658. The minimum absolute atomic E-state index is 0.552. The molecule has 23 heavy (non-hydrogen) atoms. The number of aromatic nitrogens is 4. The number of nitrogens with zero attached hydrogens (tertiary/aromatic N) is 4. The van der Waals surface area contributed by atoms with Crippen molar-refractivity contribution in [1.82, 2.24) is 20.2 Å². The predicted octanol–water partition coefficient (Wildman–Crippen LogP) is 4.16. The summed E-state index contributed by atoms with van der Waals surface area (Å²) in [7, 11) is 0. The van der Waals surface area contributed by atoms with E-state index in [0.29, 0.717) is 27.3 Å². The first-order chi connectivity index (χ1) is 11.1. The molecule has 0 saturated carbocycles. The standard InChI is InChI=1S/C16H12ClN5S/c1-9-7-14(13(8-18)10(2)19-9)23-16-20-15(21-22-16)11-3-5-12(17)6-4-11/h3-7H,1-2H3,(H,20,21,22). The van der Waals surface area contributed by atoms with Gasteiger partial charge in [-0.3, -0.25) is 10.1 Å². The highest BCUT2D eigenvalue weighted by Crippen LogP contribution is 2.30. The van der Waals surface area contributed by atoms with Crippen LogP contribution in [0, 0.1) is 25.2 Å². The summed E-state index contributed by atoms with van der Waals surface area (Å²) < 4.78 is 0. The van der Waals surface area contributed by atoms with Crippen LogP contribution in [-0.2, 0) is 0 Å². The number of aryl methyl sites for hydroxylation is 2. The van der Waals surface area contributed by atoms with Gasteiger partial charge in [-0.15, -0.1) is 5.10 Å². The Labute approximate surface area is 142 Å². The number of pyridine rings is 1. The summed E-state index contributed by atoms with van der Waals surface area (Å²) in [6, 6.07) is 11.4. The number of H-pyrrole nitrogens is 1. The maximum atomic E-state index is 9.31. The molecular weight excluding hydrogens is 330 g/mol. The van der Waals surface area contributed by atoms with Crippen LogP contribution >= 0.6 is 23.4 Å². The summed E-state index contributed by atoms with van der Waals surface area (Å²) >= 11 is 7.23. The fraction of sp³-hybridized carbons (Fsp3) is 0.125. The summed E-state index contributed by atoms with van der Waals surface area (Å²) in [5.41, 5.74) is 3.02. The Morgan fingerprint density at radius 3 is 2.61 bits per heavy atom. The van der Waals surface area contributed by atoms with E-state index in [0.717, 1.165) is 16.2 Å². The van der Waals surface area contributed by atoms with Gasteiger partial charge in [-0.2, -0.15) is 5.26 Å². The average molecular weight is 342 g/mol.